The topological polar surface area (TPSA) is 51.8 Å². The van der Waals surface area contributed by atoms with Crippen LogP contribution in [0, 0.1) is 0 Å². The zero-order valence-electron chi connectivity index (χ0n) is 23.6. The van der Waals surface area contributed by atoms with Gasteiger partial charge < -0.3 is 4.42 Å². The van der Waals surface area contributed by atoms with Crippen molar-refractivity contribution in [1.82, 2.24) is 15.0 Å². The SMILES string of the molecule is CC1(C)CCc2ccc3c(oc4cccc(-c5ccc(-c6nc(-c7ccccc7)nc(-c7ccccc7)n6)cc5)c43)c21. The minimum absolute atomic E-state index is 0.117. The maximum atomic E-state index is 6.57. The highest BCUT2D eigenvalue weighted by Gasteiger charge is 2.33. The molecule has 0 N–H and O–H groups in total. The van der Waals surface area contributed by atoms with Crippen LogP contribution < -0.4 is 0 Å². The monoisotopic (exact) mass is 543 g/mol. The molecular weight excluding hydrogens is 514 g/mol. The Labute approximate surface area is 244 Å². The summed E-state index contributed by atoms with van der Waals surface area (Å²) in [6.45, 7) is 4.66. The van der Waals surface area contributed by atoms with Crippen LogP contribution in [0.1, 0.15) is 31.4 Å². The maximum absolute atomic E-state index is 6.57. The van der Waals surface area contributed by atoms with Crippen LogP contribution in [0.5, 0.6) is 0 Å². The van der Waals surface area contributed by atoms with E-state index in [0.717, 1.165) is 46.3 Å². The first-order valence-electron chi connectivity index (χ1n) is 14.5. The lowest BCUT2D eigenvalue weighted by Crippen LogP contribution is -2.11. The van der Waals surface area contributed by atoms with Crippen LogP contribution in [0.3, 0.4) is 0 Å². The van der Waals surface area contributed by atoms with E-state index in [0.29, 0.717) is 17.5 Å². The van der Waals surface area contributed by atoms with Gasteiger partial charge in [-0.25, -0.2) is 15.0 Å². The average Bonchev–Trinajstić information content (AvgIpc) is 3.58. The predicted molar refractivity (Wildman–Crippen MR) is 170 cm³/mol. The Morgan fingerprint density at radius 1 is 0.571 bits per heavy atom. The van der Waals surface area contributed by atoms with Crippen molar-refractivity contribution in [2.45, 2.75) is 32.1 Å². The van der Waals surface area contributed by atoms with E-state index in [-0.39, 0.29) is 5.41 Å². The molecule has 0 radical (unpaired) electrons. The Hall–Kier alpha value is -5.09. The predicted octanol–water partition coefficient (Wildman–Crippen LogP) is 9.66. The normalized spacial score (nSPS) is 14.0. The molecule has 0 spiro atoms. The van der Waals surface area contributed by atoms with Gasteiger partial charge in [0.15, 0.2) is 17.5 Å². The Balaban J connectivity index is 1.24. The highest BCUT2D eigenvalue weighted by atomic mass is 16.3. The number of nitrogens with zero attached hydrogens (tertiary/aromatic N) is 3. The number of hydrogen-bond donors (Lipinski definition) is 0. The molecule has 1 aliphatic rings. The second-order valence-corrected chi connectivity index (χ2v) is 11.8. The van der Waals surface area contributed by atoms with E-state index in [1.807, 2.05) is 60.7 Å². The molecule has 0 fully saturated rings. The van der Waals surface area contributed by atoms with E-state index in [1.165, 1.54) is 27.5 Å². The zero-order chi connectivity index (χ0) is 28.3. The quantitative estimate of drug-likeness (QED) is 0.222. The molecule has 4 heteroatoms. The lowest BCUT2D eigenvalue weighted by atomic mass is 9.85. The maximum Gasteiger partial charge on any atom is 0.164 e. The van der Waals surface area contributed by atoms with Crippen LogP contribution in [0.2, 0.25) is 0 Å². The molecular formula is C38H29N3O. The number of aryl methyl sites for hydroxylation is 1. The van der Waals surface area contributed by atoms with Crippen LogP contribution in [0.4, 0.5) is 0 Å². The molecule has 2 aromatic heterocycles. The molecule has 202 valence electrons. The Bertz CT molecular complexity index is 2040. The molecule has 5 aromatic carbocycles. The summed E-state index contributed by atoms with van der Waals surface area (Å²) < 4.78 is 6.57. The molecule has 0 aliphatic heterocycles. The van der Waals surface area contributed by atoms with Crippen molar-refractivity contribution in [3.63, 3.8) is 0 Å². The summed E-state index contributed by atoms with van der Waals surface area (Å²) in [5.41, 5.74) is 10.0. The summed E-state index contributed by atoms with van der Waals surface area (Å²) in [5, 5.41) is 2.36. The summed E-state index contributed by atoms with van der Waals surface area (Å²) >= 11 is 0. The van der Waals surface area contributed by atoms with Crippen molar-refractivity contribution in [3.8, 4) is 45.3 Å². The summed E-state index contributed by atoms with van der Waals surface area (Å²) in [6.07, 6.45) is 2.26. The molecule has 0 unspecified atom stereocenters. The molecule has 0 atom stereocenters. The molecule has 4 nitrogen and oxygen atoms in total. The van der Waals surface area contributed by atoms with Gasteiger partial charge in [-0.05, 0) is 41.0 Å². The second kappa shape index (κ2) is 9.49. The minimum Gasteiger partial charge on any atom is -0.456 e. The summed E-state index contributed by atoms with van der Waals surface area (Å²) in [7, 11) is 0. The third-order valence-electron chi connectivity index (χ3n) is 8.60. The van der Waals surface area contributed by atoms with E-state index in [9.17, 15) is 0 Å². The van der Waals surface area contributed by atoms with Crippen LogP contribution in [-0.2, 0) is 11.8 Å². The van der Waals surface area contributed by atoms with Crippen molar-refractivity contribution in [2.75, 3.05) is 0 Å². The number of aromatic nitrogens is 3. The lowest BCUT2D eigenvalue weighted by molar-refractivity contribution is 0.516. The van der Waals surface area contributed by atoms with Gasteiger partial charge in [-0.2, -0.15) is 0 Å². The highest BCUT2D eigenvalue weighted by molar-refractivity contribution is 6.13. The molecule has 0 bridgehead atoms. The van der Waals surface area contributed by atoms with E-state index in [2.05, 4.69) is 68.4 Å². The minimum atomic E-state index is 0.117. The Morgan fingerprint density at radius 2 is 1.14 bits per heavy atom. The summed E-state index contributed by atoms with van der Waals surface area (Å²) in [5.74, 6) is 1.97. The van der Waals surface area contributed by atoms with Gasteiger partial charge in [0.2, 0.25) is 0 Å². The van der Waals surface area contributed by atoms with E-state index in [1.54, 1.807) is 0 Å². The molecule has 42 heavy (non-hydrogen) atoms. The van der Waals surface area contributed by atoms with Crippen molar-refractivity contribution < 1.29 is 4.42 Å². The molecule has 0 saturated heterocycles. The first-order valence-corrected chi connectivity index (χ1v) is 14.5. The van der Waals surface area contributed by atoms with Gasteiger partial charge in [0, 0.05) is 33.0 Å². The molecule has 0 saturated carbocycles. The first-order chi connectivity index (χ1) is 20.5. The van der Waals surface area contributed by atoms with Crippen LogP contribution >= 0.6 is 0 Å². The van der Waals surface area contributed by atoms with Gasteiger partial charge in [-0.1, -0.05) is 123 Å². The van der Waals surface area contributed by atoms with Gasteiger partial charge in [0.25, 0.3) is 0 Å². The number of furan rings is 1. The van der Waals surface area contributed by atoms with Crippen molar-refractivity contribution in [3.05, 3.63) is 126 Å². The van der Waals surface area contributed by atoms with Crippen LogP contribution in [0.15, 0.2) is 120 Å². The average molecular weight is 544 g/mol. The standard InChI is InChI=1S/C38H29N3O/c1-38(2)23-22-25-20-21-30-32-29(14-9-15-31(32)42-34(30)33(25)38)24-16-18-28(19-17-24)37-40-35(26-10-5-3-6-11-26)39-36(41-37)27-12-7-4-8-13-27/h3-21H,22-23H2,1-2H3. The van der Waals surface area contributed by atoms with Gasteiger partial charge in [-0.3, -0.25) is 0 Å². The number of fused-ring (bicyclic) bond motifs is 5. The van der Waals surface area contributed by atoms with Crippen LogP contribution in [-0.4, -0.2) is 15.0 Å². The molecule has 7 aromatic rings. The molecule has 8 rings (SSSR count). The van der Waals surface area contributed by atoms with Gasteiger partial charge in [-0.15, -0.1) is 0 Å². The summed E-state index contributed by atoms with van der Waals surface area (Å²) in [4.78, 5) is 14.6. The van der Waals surface area contributed by atoms with E-state index < -0.39 is 0 Å². The lowest BCUT2D eigenvalue weighted by Gasteiger charge is -2.18. The Morgan fingerprint density at radius 3 is 1.76 bits per heavy atom. The number of rotatable bonds is 4. The third-order valence-corrected chi connectivity index (χ3v) is 8.60. The zero-order valence-corrected chi connectivity index (χ0v) is 23.6. The molecule has 1 aliphatic carbocycles. The highest BCUT2D eigenvalue weighted by Crippen LogP contribution is 2.46. The smallest absolute Gasteiger partial charge is 0.164 e. The second-order valence-electron chi connectivity index (χ2n) is 11.8. The first kappa shape index (κ1) is 24.7. The largest absolute Gasteiger partial charge is 0.456 e. The van der Waals surface area contributed by atoms with Crippen molar-refractivity contribution in [2.24, 2.45) is 0 Å². The van der Waals surface area contributed by atoms with E-state index >= 15 is 0 Å². The van der Waals surface area contributed by atoms with E-state index in [4.69, 9.17) is 19.4 Å². The fourth-order valence-electron chi connectivity index (χ4n) is 6.43. The van der Waals surface area contributed by atoms with Gasteiger partial charge in [0.05, 0.1) is 0 Å². The Kier molecular flexibility index (Phi) is 5.58. The third kappa shape index (κ3) is 4.02. The fraction of sp³-hybridized carbons (Fsp3) is 0.132. The number of benzene rings is 5. The van der Waals surface area contributed by atoms with Crippen molar-refractivity contribution in [1.29, 1.82) is 0 Å². The summed E-state index contributed by atoms with van der Waals surface area (Å²) in [6, 6.07) is 39.6. The van der Waals surface area contributed by atoms with Crippen LogP contribution in [0.25, 0.3) is 67.2 Å². The van der Waals surface area contributed by atoms with Gasteiger partial charge in [0.1, 0.15) is 11.2 Å². The molecule has 2 heterocycles. The fourth-order valence-corrected chi connectivity index (χ4v) is 6.43. The number of hydrogen-bond acceptors (Lipinski definition) is 4. The molecule has 0 amide bonds. The van der Waals surface area contributed by atoms with Crippen molar-refractivity contribution >= 4 is 21.9 Å². The van der Waals surface area contributed by atoms with Gasteiger partial charge >= 0.3 is 0 Å².